The van der Waals surface area contributed by atoms with Crippen LogP contribution in [0.15, 0.2) is 41.8 Å². The summed E-state index contributed by atoms with van der Waals surface area (Å²) < 4.78 is 23.7. The Labute approximate surface area is 135 Å². The predicted octanol–water partition coefficient (Wildman–Crippen LogP) is 1.05. The Kier molecular flexibility index (Phi) is 5.05. The van der Waals surface area contributed by atoms with Crippen molar-refractivity contribution in [1.29, 1.82) is 0 Å². The van der Waals surface area contributed by atoms with Gasteiger partial charge in [-0.15, -0.1) is 6.58 Å². The van der Waals surface area contributed by atoms with Crippen molar-refractivity contribution in [3.8, 4) is 0 Å². The van der Waals surface area contributed by atoms with Crippen molar-refractivity contribution >= 4 is 21.8 Å². The summed E-state index contributed by atoms with van der Waals surface area (Å²) in [5.41, 5.74) is 0.0680. The van der Waals surface area contributed by atoms with E-state index in [0.717, 1.165) is 6.26 Å². The average molecular weight is 337 g/mol. The van der Waals surface area contributed by atoms with Crippen LogP contribution >= 0.6 is 0 Å². The van der Waals surface area contributed by atoms with Crippen molar-refractivity contribution < 1.29 is 18.0 Å². The van der Waals surface area contributed by atoms with E-state index in [4.69, 9.17) is 0 Å². The molecule has 124 valence electrons. The van der Waals surface area contributed by atoms with Gasteiger partial charge in [-0.3, -0.25) is 4.79 Å². The molecular weight excluding hydrogens is 318 g/mol. The summed E-state index contributed by atoms with van der Waals surface area (Å²) in [6, 6.07) is 5.59. The Bertz CT molecular complexity index is 730. The van der Waals surface area contributed by atoms with Crippen molar-refractivity contribution in [2.24, 2.45) is 0 Å². The Morgan fingerprint density at radius 1 is 1.26 bits per heavy atom. The highest BCUT2D eigenvalue weighted by Gasteiger charge is 2.33. The second-order valence-electron chi connectivity index (χ2n) is 5.15. The highest BCUT2D eigenvalue weighted by molar-refractivity contribution is 7.90. The molecule has 1 aromatic rings. The van der Waals surface area contributed by atoms with Gasteiger partial charge in [0.05, 0.1) is 10.5 Å². The summed E-state index contributed by atoms with van der Waals surface area (Å²) in [6.07, 6.45) is 3.23. The summed E-state index contributed by atoms with van der Waals surface area (Å²) in [5, 5.41) is 5.19. The van der Waals surface area contributed by atoms with E-state index in [0.29, 0.717) is 19.5 Å². The summed E-state index contributed by atoms with van der Waals surface area (Å²) in [7, 11) is -3.54. The number of urea groups is 1. The Morgan fingerprint density at radius 3 is 2.57 bits per heavy atom. The van der Waals surface area contributed by atoms with E-state index in [9.17, 15) is 18.0 Å². The van der Waals surface area contributed by atoms with Crippen molar-refractivity contribution in [2.45, 2.75) is 11.3 Å². The molecule has 1 heterocycles. The Balaban J connectivity index is 2.30. The molecule has 0 bridgehead atoms. The number of hydrogen-bond donors (Lipinski definition) is 1. The maximum atomic E-state index is 12.7. The van der Waals surface area contributed by atoms with Crippen molar-refractivity contribution in [3.63, 3.8) is 0 Å². The second kappa shape index (κ2) is 6.82. The van der Waals surface area contributed by atoms with E-state index in [1.54, 1.807) is 18.2 Å². The molecule has 1 aromatic carbocycles. The van der Waals surface area contributed by atoms with E-state index in [2.05, 4.69) is 11.9 Å². The number of carbonyl (C=O) groups excluding carboxylic acids is 2. The molecule has 1 saturated heterocycles. The van der Waals surface area contributed by atoms with Crippen LogP contribution in [0.2, 0.25) is 0 Å². The maximum Gasteiger partial charge on any atom is 0.336 e. The van der Waals surface area contributed by atoms with Crippen LogP contribution in [0.3, 0.4) is 0 Å². The number of benzene rings is 1. The minimum atomic E-state index is -3.54. The molecule has 1 fully saturated rings. The van der Waals surface area contributed by atoms with Crippen LogP contribution < -0.4 is 5.32 Å². The molecule has 0 saturated carbocycles. The zero-order chi connectivity index (χ0) is 17.0. The highest BCUT2D eigenvalue weighted by atomic mass is 32.2. The van der Waals surface area contributed by atoms with Gasteiger partial charge in [0.2, 0.25) is 0 Å². The lowest BCUT2D eigenvalue weighted by molar-refractivity contribution is 0.0375. The van der Waals surface area contributed by atoms with Gasteiger partial charge in [-0.1, -0.05) is 18.2 Å². The SMILES string of the molecule is C=CCNC(=O)N1CCCN1C(=O)c1ccccc1S(C)(=O)=O. The molecule has 8 heteroatoms. The van der Waals surface area contributed by atoms with Crippen LogP contribution in [0, 0.1) is 0 Å². The van der Waals surface area contributed by atoms with Crippen molar-refractivity contribution in [1.82, 2.24) is 15.3 Å². The van der Waals surface area contributed by atoms with E-state index in [1.165, 1.54) is 22.2 Å². The van der Waals surface area contributed by atoms with Crippen LogP contribution in [-0.4, -0.2) is 56.3 Å². The molecule has 0 unspecified atom stereocenters. The summed E-state index contributed by atoms with van der Waals surface area (Å²) in [5.74, 6) is -0.503. The molecule has 1 aliphatic rings. The third-order valence-electron chi connectivity index (χ3n) is 3.41. The van der Waals surface area contributed by atoms with Gasteiger partial charge in [-0.25, -0.2) is 23.2 Å². The number of hydrogen-bond acceptors (Lipinski definition) is 4. The summed E-state index contributed by atoms with van der Waals surface area (Å²) >= 11 is 0. The molecule has 7 nitrogen and oxygen atoms in total. The fraction of sp³-hybridized carbons (Fsp3) is 0.333. The molecule has 0 radical (unpaired) electrons. The van der Waals surface area contributed by atoms with E-state index in [-0.39, 0.29) is 17.0 Å². The maximum absolute atomic E-state index is 12.7. The Morgan fingerprint density at radius 2 is 1.91 bits per heavy atom. The molecule has 0 aromatic heterocycles. The second-order valence-corrected chi connectivity index (χ2v) is 7.13. The first kappa shape index (κ1) is 17.0. The van der Waals surface area contributed by atoms with Gasteiger partial charge in [-0.05, 0) is 18.6 Å². The first-order chi connectivity index (χ1) is 10.9. The zero-order valence-corrected chi connectivity index (χ0v) is 13.7. The number of nitrogens with zero attached hydrogens (tertiary/aromatic N) is 2. The molecule has 2 rings (SSSR count). The quantitative estimate of drug-likeness (QED) is 0.832. The standard InChI is InChI=1S/C15H19N3O4S/c1-3-9-16-15(20)18-11-6-10-17(18)14(19)12-7-4-5-8-13(12)23(2,21)22/h3-5,7-8H,1,6,9-11H2,2H3,(H,16,20). The monoisotopic (exact) mass is 337 g/mol. The highest BCUT2D eigenvalue weighted by Crippen LogP contribution is 2.21. The first-order valence-corrected chi connectivity index (χ1v) is 9.02. The van der Waals surface area contributed by atoms with E-state index < -0.39 is 21.8 Å². The molecule has 0 aliphatic carbocycles. The van der Waals surface area contributed by atoms with Crippen LogP contribution in [0.5, 0.6) is 0 Å². The number of amides is 3. The zero-order valence-electron chi connectivity index (χ0n) is 12.9. The molecule has 1 aliphatic heterocycles. The Hall–Kier alpha value is -2.35. The van der Waals surface area contributed by atoms with Gasteiger partial charge in [0.25, 0.3) is 5.91 Å². The third-order valence-corrected chi connectivity index (χ3v) is 4.57. The topological polar surface area (TPSA) is 86.8 Å². The van der Waals surface area contributed by atoms with Crippen molar-refractivity contribution in [2.75, 3.05) is 25.9 Å². The summed E-state index contributed by atoms with van der Waals surface area (Å²) in [6.45, 7) is 4.57. The van der Waals surface area contributed by atoms with Gasteiger partial charge in [0.15, 0.2) is 9.84 Å². The lowest BCUT2D eigenvalue weighted by Gasteiger charge is -2.28. The van der Waals surface area contributed by atoms with Crippen LogP contribution in [0.1, 0.15) is 16.8 Å². The average Bonchev–Trinajstić information content (AvgIpc) is 3.00. The number of nitrogens with one attached hydrogen (secondary N) is 1. The van der Waals surface area contributed by atoms with Gasteiger partial charge in [0.1, 0.15) is 0 Å². The number of rotatable bonds is 4. The minimum absolute atomic E-state index is 0.0386. The van der Waals surface area contributed by atoms with Gasteiger partial charge >= 0.3 is 6.03 Å². The normalized spacial score (nSPS) is 14.7. The van der Waals surface area contributed by atoms with Crippen LogP contribution in [0.25, 0.3) is 0 Å². The number of hydrazine groups is 1. The van der Waals surface area contributed by atoms with Crippen LogP contribution in [-0.2, 0) is 9.84 Å². The predicted molar refractivity (Wildman–Crippen MR) is 85.5 cm³/mol. The largest absolute Gasteiger partial charge is 0.336 e. The van der Waals surface area contributed by atoms with E-state index in [1.807, 2.05) is 0 Å². The number of sulfone groups is 1. The smallest absolute Gasteiger partial charge is 0.333 e. The van der Waals surface area contributed by atoms with E-state index >= 15 is 0 Å². The molecule has 23 heavy (non-hydrogen) atoms. The lowest BCUT2D eigenvalue weighted by Crippen LogP contribution is -2.49. The summed E-state index contributed by atoms with van der Waals surface area (Å²) in [4.78, 5) is 24.8. The molecule has 0 spiro atoms. The van der Waals surface area contributed by atoms with Crippen molar-refractivity contribution in [3.05, 3.63) is 42.5 Å². The number of carbonyl (C=O) groups is 2. The molecule has 0 atom stereocenters. The fourth-order valence-corrected chi connectivity index (χ4v) is 3.27. The molecular formula is C15H19N3O4S. The minimum Gasteiger partial charge on any atom is -0.333 e. The lowest BCUT2D eigenvalue weighted by atomic mass is 10.2. The third kappa shape index (κ3) is 3.70. The fourth-order valence-electron chi connectivity index (χ4n) is 2.39. The molecule has 3 amide bonds. The van der Waals surface area contributed by atoms with Gasteiger partial charge in [0, 0.05) is 25.9 Å². The van der Waals surface area contributed by atoms with Gasteiger partial charge < -0.3 is 5.32 Å². The van der Waals surface area contributed by atoms with Gasteiger partial charge in [-0.2, -0.15) is 0 Å². The van der Waals surface area contributed by atoms with Crippen LogP contribution in [0.4, 0.5) is 4.79 Å². The first-order valence-electron chi connectivity index (χ1n) is 7.13. The molecule has 1 N–H and O–H groups in total.